The fourth-order valence-corrected chi connectivity index (χ4v) is 1.64. The zero-order chi connectivity index (χ0) is 9.68. The van der Waals surface area contributed by atoms with Gasteiger partial charge >= 0.3 is 0 Å². The van der Waals surface area contributed by atoms with Crippen molar-refractivity contribution >= 4 is 17.7 Å². The minimum atomic E-state index is -1.06. The van der Waals surface area contributed by atoms with Crippen LogP contribution in [-0.4, -0.2) is 22.9 Å². The van der Waals surface area contributed by atoms with Gasteiger partial charge in [-0.15, -0.1) is 11.8 Å². The molecule has 0 fully saturated rings. The number of amides is 1. The van der Waals surface area contributed by atoms with E-state index in [1.165, 1.54) is 11.8 Å². The maximum Gasteiger partial charge on any atom is 0.247 e. The molecule has 70 valence electrons. The molecule has 0 saturated heterocycles. The number of nitrogens with two attached hydrogens (primary N) is 1. The first kappa shape index (κ1) is 10.1. The summed E-state index contributed by atoms with van der Waals surface area (Å²) in [6.45, 7) is 0. The number of benzene rings is 1. The highest BCUT2D eigenvalue weighted by Crippen LogP contribution is 2.17. The molecule has 0 aromatic heterocycles. The number of thioether (sulfide) groups is 1. The van der Waals surface area contributed by atoms with Crippen LogP contribution in [-0.2, 0) is 4.79 Å². The lowest BCUT2D eigenvalue weighted by Gasteiger charge is -2.05. The van der Waals surface area contributed by atoms with Crippen LogP contribution in [0.4, 0.5) is 0 Å². The zero-order valence-electron chi connectivity index (χ0n) is 7.01. The Morgan fingerprint density at radius 3 is 2.62 bits per heavy atom. The van der Waals surface area contributed by atoms with Crippen molar-refractivity contribution in [2.24, 2.45) is 5.73 Å². The molecular formula is C9H11NO2S. The van der Waals surface area contributed by atoms with Gasteiger partial charge < -0.3 is 10.8 Å². The average Bonchev–Trinajstić information content (AvgIpc) is 2.15. The Labute approximate surface area is 80.9 Å². The van der Waals surface area contributed by atoms with Crippen LogP contribution >= 0.6 is 11.8 Å². The molecule has 1 unspecified atom stereocenters. The zero-order valence-corrected chi connectivity index (χ0v) is 7.83. The summed E-state index contributed by atoms with van der Waals surface area (Å²) in [5.41, 5.74) is 4.90. The van der Waals surface area contributed by atoms with E-state index in [0.717, 1.165) is 4.90 Å². The van der Waals surface area contributed by atoms with Gasteiger partial charge in [-0.1, -0.05) is 18.2 Å². The van der Waals surface area contributed by atoms with Crippen molar-refractivity contribution in [3.05, 3.63) is 30.3 Å². The summed E-state index contributed by atoms with van der Waals surface area (Å²) in [4.78, 5) is 11.5. The molecule has 0 heterocycles. The molecule has 1 aromatic rings. The van der Waals surface area contributed by atoms with Gasteiger partial charge in [-0.05, 0) is 12.1 Å². The van der Waals surface area contributed by atoms with Crippen LogP contribution in [0, 0.1) is 0 Å². The lowest BCUT2D eigenvalue weighted by atomic mass is 10.4. The number of hydrogen-bond acceptors (Lipinski definition) is 3. The highest BCUT2D eigenvalue weighted by molar-refractivity contribution is 7.99. The number of carbonyl (C=O) groups is 1. The number of rotatable bonds is 4. The Hall–Kier alpha value is -1.00. The van der Waals surface area contributed by atoms with Crippen LogP contribution in [0.25, 0.3) is 0 Å². The standard InChI is InChI=1S/C9H11NO2S/c10-9(12)8(11)6-13-7-4-2-1-3-5-7/h1-5,8,11H,6H2,(H2,10,12). The molecule has 3 nitrogen and oxygen atoms in total. The second kappa shape index (κ2) is 4.89. The van der Waals surface area contributed by atoms with E-state index in [2.05, 4.69) is 0 Å². The molecule has 0 aliphatic carbocycles. The maximum atomic E-state index is 10.5. The van der Waals surface area contributed by atoms with Crippen molar-refractivity contribution < 1.29 is 9.90 Å². The van der Waals surface area contributed by atoms with Crippen molar-refractivity contribution in [1.29, 1.82) is 0 Å². The minimum Gasteiger partial charge on any atom is -0.382 e. The molecule has 0 aliphatic heterocycles. The highest BCUT2D eigenvalue weighted by atomic mass is 32.2. The Morgan fingerprint density at radius 2 is 2.08 bits per heavy atom. The van der Waals surface area contributed by atoms with E-state index in [9.17, 15) is 4.79 Å². The van der Waals surface area contributed by atoms with E-state index in [1.54, 1.807) is 0 Å². The Morgan fingerprint density at radius 1 is 1.46 bits per heavy atom. The van der Waals surface area contributed by atoms with Gasteiger partial charge in [0.2, 0.25) is 5.91 Å². The quantitative estimate of drug-likeness (QED) is 0.696. The number of aliphatic hydroxyl groups is 1. The van der Waals surface area contributed by atoms with Gasteiger partial charge in [0.05, 0.1) is 0 Å². The first-order valence-corrected chi connectivity index (χ1v) is 4.84. The van der Waals surface area contributed by atoms with Gasteiger partial charge in [-0.2, -0.15) is 0 Å². The number of aliphatic hydroxyl groups excluding tert-OH is 1. The molecule has 1 atom stereocenters. The summed E-state index contributed by atoms with van der Waals surface area (Å²) in [6, 6.07) is 9.54. The third kappa shape index (κ3) is 3.48. The van der Waals surface area contributed by atoms with Crippen LogP contribution in [0.2, 0.25) is 0 Å². The van der Waals surface area contributed by atoms with Crippen molar-refractivity contribution in [2.75, 3.05) is 5.75 Å². The van der Waals surface area contributed by atoms with Crippen molar-refractivity contribution in [2.45, 2.75) is 11.0 Å². The SMILES string of the molecule is NC(=O)C(O)CSc1ccccc1. The molecule has 1 aromatic carbocycles. The normalized spacial score (nSPS) is 12.4. The van der Waals surface area contributed by atoms with Crippen LogP contribution in [0.1, 0.15) is 0 Å². The summed E-state index contributed by atoms with van der Waals surface area (Å²) in [5.74, 6) is -0.372. The number of primary amides is 1. The lowest BCUT2D eigenvalue weighted by molar-refractivity contribution is -0.124. The molecule has 0 spiro atoms. The maximum absolute atomic E-state index is 10.5. The summed E-state index contributed by atoms with van der Waals surface area (Å²) in [7, 11) is 0. The second-order valence-corrected chi connectivity index (χ2v) is 3.64. The van der Waals surface area contributed by atoms with Crippen molar-refractivity contribution in [3.63, 3.8) is 0 Å². The van der Waals surface area contributed by atoms with Crippen LogP contribution < -0.4 is 5.73 Å². The average molecular weight is 197 g/mol. The Bertz CT molecular complexity index is 276. The van der Waals surface area contributed by atoms with E-state index >= 15 is 0 Å². The topological polar surface area (TPSA) is 63.3 Å². The minimum absolute atomic E-state index is 0.305. The third-order valence-corrected chi connectivity index (χ3v) is 2.57. The predicted molar refractivity (Wildman–Crippen MR) is 52.4 cm³/mol. The molecule has 13 heavy (non-hydrogen) atoms. The fourth-order valence-electron chi connectivity index (χ4n) is 0.774. The molecule has 0 bridgehead atoms. The summed E-state index contributed by atoms with van der Waals surface area (Å²) < 4.78 is 0. The van der Waals surface area contributed by atoms with E-state index in [-0.39, 0.29) is 0 Å². The van der Waals surface area contributed by atoms with Gasteiger partial charge in [0.25, 0.3) is 0 Å². The monoisotopic (exact) mass is 197 g/mol. The van der Waals surface area contributed by atoms with E-state index in [0.29, 0.717) is 5.75 Å². The van der Waals surface area contributed by atoms with E-state index < -0.39 is 12.0 Å². The van der Waals surface area contributed by atoms with E-state index in [4.69, 9.17) is 10.8 Å². The van der Waals surface area contributed by atoms with Crippen LogP contribution in [0.15, 0.2) is 35.2 Å². The third-order valence-electron chi connectivity index (χ3n) is 1.48. The Balaban J connectivity index is 2.39. The lowest BCUT2D eigenvalue weighted by Crippen LogP contribution is -2.30. The van der Waals surface area contributed by atoms with Crippen LogP contribution in [0.5, 0.6) is 0 Å². The first-order valence-electron chi connectivity index (χ1n) is 3.85. The Kier molecular flexibility index (Phi) is 3.79. The summed E-state index contributed by atoms with van der Waals surface area (Å²) in [5, 5.41) is 9.09. The van der Waals surface area contributed by atoms with Gasteiger partial charge in [-0.25, -0.2) is 0 Å². The molecule has 0 saturated carbocycles. The van der Waals surface area contributed by atoms with Gasteiger partial charge in [-0.3, -0.25) is 4.79 Å². The first-order chi connectivity index (χ1) is 6.20. The molecule has 1 rings (SSSR count). The summed E-state index contributed by atoms with van der Waals surface area (Å²) >= 11 is 1.41. The number of carbonyl (C=O) groups excluding carboxylic acids is 1. The molecule has 3 N–H and O–H groups in total. The predicted octanol–water partition coefficient (Wildman–Crippen LogP) is 0.625. The van der Waals surface area contributed by atoms with E-state index in [1.807, 2.05) is 30.3 Å². The van der Waals surface area contributed by atoms with Crippen molar-refractivity contribution in [3.8, 4) is 0 Å². The molecule has 0 radical (unpaired) electrons. The van der Waals surface area contributed by atoms with Gasteiger partial charge in [0.15, 0.2) is 0 Å². The number of hydrogen-bond donors (Lipinski definition) is 2. The molecule has 1 amide bonds. The summed E-state index contributed by atoms with van der Waals surface area (Å²) in [6.07, 6.45) is -1.06. The van der Waals surface area contributed by atoms with Crippen molar-refractivity contribution in [1.82, 2.24) is 0 Å². The molecule has 0 aliphatic rings. The second-order valence-electron chi connectivity index (χ2n) is 2.54. The highest BCUT2D eigenvalue weighted by Gasteiger charge is 2.10. The van der Waals surface area contributed by atoms with Gasteiger partial charge in [0.1, 0.15) is 6.10 Å². The fraction of sp³-hybridized carbons (Fsp3) is 0.222. The molecule has 4 heteroatoms. The largest absolute Gasteiger partial charge is 0.382 e. The van der Waals surface area contributed by atoms with Crippen LogP contribution in [0.3, 0.4) is 0 Å². The van der Waals surface area contributed by atoms with Gasteiger partial charge in [0, 0.05) is 10.6 Å². The smallest absolute Gasteiger partial charge is 0.247 e. The molecular weight excluding hydrogens is 186 g/mol.